The average molecular weight is 632 g/mol. The number of aromatic carboxylic acids is 1. The predicted molar refractivity (Wildman–Crippen MR) is 183 cm³/mol. The van der Waals surface area contributed by atoms with E-state index in [1.807, 2.05) is 44.2 Å². The van der Waals surface area contributed by atoms with Crippen LogP contribution in [0, 0.1) is 0 Å². The normalized spacial score (nSPS) is 13.1. The van der Waals surface area contributed by atoms with E-state index in [0.29, 0.717) is 22.7 Å². The highest BCUT2D eigenvalue weighted by Crippen LogP contribution is 2.30. The molecule has 6 rings (SSSR count). The number of hydrogen-bond donors (Lipinski definition) is 4. The van der Waals surface area contributed by atoms with Crippen molar-refractivity contribution in [2.75, 3.05) is 23.7 Å². The van der Waals surface area contributed by atoms with Gasteiger partial charge in [0.2, 0.25) is 0 Å². The summed E-state index contributed by atoms with van der Waals surface area (Å²) in [5, 5.41) is 19.2. The molecule has 10 heteroatoms. The molecular formula is C37H37N5O5. The molecule has 0 unspecified atom stereocenters. The van der Waals surface area contributed by atoms with Gasteiger partial charge in [-0.2, -0.15) is 0 Å². The molecule has 1 aliphatic rings. The van der Waals surface area contributed by atoms with Crippen molar-refractivity contribution in [3.8, 4) is 17.2 Å². The smallest absolute Gasteiger partial charge is 0.339 e. The van der Waals surface area contributed by atoms with E-state index >= 15 is 0 Å². The number of rotatable bonds is 10. The molecule has 0 spiro atoms. The molecule has 1 aliphatic heterocycles. The van der Waals surface area contributed by atoms with E-state index in [-0.39, 0.29) is 23.3 Å². The quantitative estimate of drug-likeness (QED) is 0.127. The van der Waals surface area contributed by atoms with Crippen LogP contribution < -0.4 is 20.7 Å². The van der Waals surface area contributed by atoms with Crippen molar-refractivity contribution < 1.29 is 24.2 Å². The van der Waals surface area contributed by atoms with Gasteiger partial charge in [-0.3, -0.25) is 9.69 Å². The summed E-state index contributed by atoms with van der Waals surface area (Å²) in [6, 6.07) is 26.5. The Morgan fingerprint density at radius 2 is 1.55 bits per heavy atom. The number of likely N-dealkylation sites (tertiary alicyclic amines) is 1. The number of carbonyl (C=O) groups is 3. The maximum Gasteiger partial charge on any atom is 0.339 e. The van der Waals surface area contributed by atoms with E-state index in [4.69, 9.17) is 4.74 Å². The van der Waals surface area contributed by atoms with Gasteiger partial charge >= 0.3 is 12.0 Å². The molecule has 1 saturated heterocycles. The Morgan fingerprint density at radius 3 is 2.26 bits per heavy atom. The molecule has 47 heavy (non-hydrogen) atoms. The Balaban J connectivity index is 1.11. The molecule has 10 nitrogen and oxygen atoms in total. The Morgan fingerprint density at radius 1 is 0.851 bits per heavy atom. The summed E-state index contributed by atoms with van der Waals surface area (Å²) in [5.74, 6) is -0.954. The Bertz CT molecular complexity index is 1910. The minimum atomic E-state index is -1.20. The molecule has 4 aromatic carbocycles. The maximum atomic E-state index is 13.1. The van der Waals surface area contributed by atoms with Crippen molar-refractivity contribution >= 4 is 40.2 Å². The lowest BCUT2D eigenvalue weighted by molar-refractivity contribution is 0.0694. The number of ether oxygens (including phenoxy) is 1. The zero-order valence-corrected chi connectivity index (χ0v) is 26.3. The number of fused-ring (bicyclic) bond motifs is 1. The largest absolute Gasteiger partial charge is 0.478 e. The fraction of sp³-hybridized carbons (Fsp3) is 0.216. The third kappa shape index (κ3) is 7.45. The van der Waals surface area contributed by atoms with Gasteiger partial charge in [0.25, 0.3) is 5.91 Å². The van der Waals surface area contributed by atoms with Gasteiger partial charge in [-0.15, -0.1) is 0 Å². The number of para-hydroxylation sites is 1. The number of anilines is 2. The van der Waals surface area contributed by atoms with E-state index in [1.165, 1.54) is 35.9 Å². The third-order valence-corrected chi connectivity index (χ3v) is 8.02. The van der Waals surface area contributed by atoms with Crippen LogP contribution in [-0.2, 0) is 6.54 Å². The minimum Gasteiger partial charge on any atom is -0.478 e. The molecule has 0 radical (unpaired) electrons. The number of carbonyl (C=O) groups excluding carboxylic acids is 2. The standard InChI is InChI=1S/C37H37N5O5/c1-24(2)38-37(46)40-28-13-18-34(32(21-28)36(44)45)47-30-16-11-27(12-17-30)39-35(43)25-9-14-29(15-10-25)42-23-26(22-41-19-5-6-20-41)31-7-3-4-8-33(31)42/h3-4,7-18,21,23-24H,5-6,19-20,22H2,1-2H3,(H,39,43)(H,44,45)(H2,38,40,46). The van der Waals surface area contributed by atoms with Gasteiger partial charge in [-0.25, -0.2) is 9.59 Å². The minimum absolute atomic E-state index is 0.0703. The number of urea groups is 1. The van der Waals surface area contributed by atoms with Gasteiger partial charge in [0.15, 0.2) is 0 Å². The molecule has 4 N–H and O–H groups in total. The molecule has 0 saturated carbocycles. The van der Waals surface area contributed by atoms with Crippen molar-refractivity contribution in [3.63, 3.8) is 0 Å². The van der Waals surface area contributed by atoms with Crippen LogP contribution in [0.2, 0.25) is 0 Å². The highest BCUT2D eigenvalue weighted by Gasteiger charge is 2.17. The Kier molecular flexibility index (Phi) is 9.21. The Labute approximate surface area is 273 Å². The van der Waals surface area contributed by atoms with Crippen molar-refractivity contribution in [1.82, 2.24) is 14.8 Å². The number of nitrogens with one attached hydrogen (secondary N) is 3. The first-order chi connectivity index (χ1) is 22.7. The zero-order chi connectivity index (χ0) is 32.9. The molecule has 1 aromatic heterocycles. The molecule has 1 fully saturated rings. The van der Waals surface area contributed by atoms with Crippen molar-refractivity contribution in [1.29, 1.82) is 0 Å². The summed E-state index contributed by atoms with van der Waals surface area (Å²) in [7, 11) is 0. The van der Waals surface area contributed by atoms with Gasteiger partial charge in [0, 0.05) is 46.8 Å². The first kappa shape index (κ1) is 31.4. The number of hydrogen-bond acceptors (Lipinski definition) is 5. The van der Waals surface area contributed by atoms with Gasteiger partial charge in [0.1, 0.15) is 17.1 Å². The number of aromatic nitrogens is 1. The number of carboxylic acid groups (broad SMARTS) is 1. The summed E-state index contributed by atoms with van der Waals surface area (Å²) in [6.07, 6.45) is 4.71. The second kappa shape index (κ2) is 13.8. The van der Waals surface area contributed by atoms with E-state index in [0.717, 1.165) is 30.8 Å². The third-order valence-electron chi connectivity index (χ3n) is 8.02. The molecule has 0 bridgehead atoms. The van der Waals surface area contributed by atoms with Crippen LogP contribution >= 0.6 is 0 Å². The molecule has 0 aliphatic carbocycles. The molecule has 240 valence electrons. The SMILES string of the molecule is CC(C)NC(=O)Nc1ccc(Oc2ccc(NC(=O)c3ccc(-n4cc(CN5CCCC5)c5ccccc54)cc3)cc2)c(C(=O)O)c1. The van der Waals surface area contributed by atoms with Gasteiger partial charge in [-0.05, 0) is 118 Å². The summed E-state index contributed by atoms with van der Waals surface area (Å²) in [4.78, 5) is 39.5. The summed E-state index contributed by atoms with van der Waals surface area (Å²) in [5.41, 5.74) is 4.71. The predicted octanol–water partition coefficient (Wildman–Crippen LogP) is 7.50. The highest BCUT2D eigenvalue weighted by molar-refractivity contribution is 6.04. The van der Waals surface area contributed by atoms with E-state index in [9.17, 15) is 19.5 Å². The van der Waals surface area contributed by atoms with E-state index in [2.05, 4.69) is 49.8 Å². The molecule has 2 heterocycles. The molecule has 0 atom stereocenters. The number of amides is 3. The topological polar surface area (TPSA) is 125 Å². The lowest BCUT2D eigenvalue weighted by Crippen LogP contribution is -2.34. The summed E-state index contributed by atoms with van der Waals surface area (Å²) in [6.45, 7) is 6.85. The van der Waals surface area contributed by atoms with Gasteiger partial charge in [-0.1, -0.05) is 18.2 Å². The number of nitrogens with zero attached hydrogens (tertiary/aromatic N) is 2. The Hall–Kier alpha value is -5.61. The first-order valence-electron chi connectivity index (χ1n) is 15.7. The van der Waals surface area contributed by atoms with Gasteiger partial charge in [0.05, 0.1) is 5.52 Å². The lowest BCUT2D eigenvalue weighted by atomic mass is 10.1. The van der Waals surface area contributed by atoms with Crippen molar-refractivity contribution in [2.24, 2.45) is 0 Å². The molecule has 3 amide bonds. The van der Waals surface area contributed by atoms with Gasteiger partial charge < -0.3 is 30.4 Å². The van der Waals surface area contributed by atoms with E-state index in [1.54, 1.807) is 30.3 Å². The van der Waals surface area contributed by atoms with Crippen LogP contribution in [0.3, 0.4) is 0 Å². The fourth-order valence-corrected chi connectivity index (χ4v) is 5.77. The van der Waals surface area contributed by atoms with Crippen LogP contribution in [0.4, 0.5) is 16.2 Å². The van der Waals surface area contributed by atoms with E-state index < -0.39 is 12.0 Å². The van der Waals surface area contributed by atoms with Crippen LogP contribution in [0.1, 0.15) is 53.0 Å². The van der Waals surface area contributed by atoms with Crippen LogP contribution in [0.25, 0.3) is 16.6 Å². The highest BCUT2D eigenvalue weighted by atomic mass is 16.5. The number of carboxylic acids is 1. The second-order valence-corrected chi connectivity index (χ2v) is 11.9. The van der Waals surface area contributed by atoms with Crippen molar-refractivity contribution in [2.45, 2.75) is 39.3 Å². The lowest BCUT2D eigenvalue weighted by Gasteiger charge is -2.13. The average Bonchev–Trinajstić information content (AvgIpc) is 3.71. The van der Waals surface area contributed by atoms with Crippen LogP contribution in [0.15, 0.2) is 97.2 Å². The molecular weight excluding hydrogens is 594 g/mol. The van der Waals surface area contributed by atoms with Crippen molar-refractivity contribution in [3.05, 3.63) is 114 Å². The van der Waals surface area contributed by atoms with Crippen LogP contribution in [-0.4, -0.2) is 51.6 Å². The monoisotopic (exact) mass is 631 g/mol. The summed E-state index contributed by atoms with van der Waals surface area (Å²) >= 11 is 0. The molecule has 5 aromatic rings. The first-order valence-corrected chi connectivity index (χ1v) is 15.7. The zero-order valence-electron chi connectivity index (χ0n) is 26.3. The second-order valence-electron chi connectivity index (χ2n) is 11.9. The maximum absolute atomic E-state index is 13.1. The number of benzene rings is 4. The fourth-order valence-electron chi connectivity index (χ4n) is 5.77. The van der Waals surface area contributed by atoms with Crippen LogP contribution in [0.5, 0.6) is 11.5 Å². The summed E-state index contributed by atoms with van der Waals surface area (Å²) < 4.78 is 8.02.